The number of thiocarbonyl (C=S) groups is 1. The van der Waals surface area contributed by atoms with E-state index < -0.39 is 27.1 Å². The standard InChI is InChI=1S/C12H13N5O6S/c1-2-3-10(18)14-15-12(24)13-11(19)7-4-8(16(20)21)6-9(5-7)17(22)23/h4-6H,2-3H2,1H3,(H,14,18)(H2,13,15,19,24). The lowest BCUT2D eigenvalue weighted by atomic mass is 10.1. The van der Waals surface area contributed by atoms with Crippen LogP contribution in [0.15, 0.2) is 18.2 Å². The number of hydrazine groups is 1. The Morgan fingerprint density at radius 2 is 1.62 bits per heavy atom. The molecule has 0 bridgehead atoms. The summed E-state index contributed by atoms with van der Waals surface area (Å²) in [7, 11) is 0. The smallest absolute Gasteiger partial charge is 0.277 e. The molecule has 128 valence electrons. The highest BCUT2D eigenvalue weighted by atomic mass is 32.1. The molecule has 11 nitrogen and oxygen atoms in total. The predicted molar refractivity (Wildman–Crippen MR) is 86.0 cm³/mol. The molecule has 1 aromatic carbocycles. The first-order valence-corrected chi connectivity index (χ1v) is 6.99. The average molecular weight is 355 g/mol. The van der Waals surface area contributed by atoms with Gasteiger partial charge in [-0.15, -0.1) is 0 Å². The molecule has 0 heterocycles. The predicted octanol–water partition coefficient (Wildman–Crippen LogP) is 0.939. The van der Waals surface area contributed by atoms with E-state index >= 15 is 0 Å². The number of non-ortho nitro benzene ring substituents is 2. The molecular formula is C12H13N5O6S. The zero-order valence-electron chi connectivity index (χ0n) is 12.4. The van der Waals surface area contributed by atoms with E-state index in [1.54, 1.807) is 6.92 Å². The number of benzene rings is 1. The Morgan fingerprint density at radius 3 is 2.08 bits per heavy atom. The summed E-state index contributed by atoms with van der Waals surface area (Å²) < 4.78 is 0. The summed E-state index contributed by atoms with van der Waals surface area (Å²) in [5.41, 5.74) is 2.98. The SMILES string of the molecule is CCCC(=O)NNC(=S)NC(=O)c1cc([N+](=O)[O-])cc([N+](=O)[O-])c1. The molecule has 2 amide bonds. The number of nitrogens with one attached hydrogen (secondary N) is 3. The van der Waals surface area contributed by atoms with Crippen molar-refractivity contribution in [3.8, 4) is 0 Å². The molecule has 12 heteroatoms. The Balaban J connectivity index is 2.83. The quantitative estimate of drug-likeness (QED) is 0.400. The fourth-order valence-corrected chi connectivity index (χ4v) is 1.70. The molecule has 0 saturated carbocycles. The lowest BCUT2D eigenvalue weighted by Gasteiger charge is -2.10. The van der Waals surface area contributed by atoms with E-state index in [-0.39, 0.29) is 23.0 Å². The molecule has 1 aromatic rings. The van der Waals surface area contributed by atoms with Gasteiger partial charge in [-0.1, -0.05) is 6.92 Å². The first-order valence-electron chi connectivity index (χ1n) is 6.58. The van der Waals surface area contributed by atoms with Crippen LogP contribution in [0, 0.1) is 20.2 Å². The average Bonchev–Trinajstić information content (AvgIpc) is 2.52. The highest BCUT2D eigenvalue weighted by Crippen LogP contribution is 2.22. The van der Waals surface area contributed by atoms with Crippen LogP contribution in [-0.2, 0) is 4.79 Å². The molecule has 0 aliphatic rings. The van der Waals surface area contributed by atoms with Gasteiger partial charge in [0.1, 0.15) is 0 Å². The minimum atomic E-state index is -0.899. The number of hydrogen-bond acceptors (Lipinski definition) is 7. The number of rotatable bonds is 5. The van der Waals surface area contributed by atoms with Crippen LogP contribution in [-0.4, -0.2) is 26.8 Å². The number of hydrogen-bond donors (Lipinski definition) is 3. The van der Waals surface area contributed by atoms with E-state index in [1.807, 2.05) is 0 Å². The lowest BCUT2D eigenvalue weighted by molar-refractivity contribution is -0.394. The Labute approximate surface area is 140 Å². The van der Waals surface area contributed by atoms with Crippen molar-refractivity contribution in [1.82, 2.24) is 16.2 Å². The Morgan fingerprint density at radius 1 is 1.08 bits per heavy atom. The van der Waals surface area contributed by atoms with Crippen molar-refractivity contribution in [3.05, 3.63) is 44.0 Å². The second kappa shape index (κ2) is 8.47. The third-order valence-corrected chi connectivity index (χ3v) is 2.81. The molecule has 3 N–H and O–H groups in total. The van der Waals surface area contributed by atoms with Gasteiger partial charge in [0, 0.05) is 18.6 Å². The molecule has 24 heavy (non-hydrogen) atoms. The highest BCUT2D eigenvalue weighted by Gasteiger charge is 2.20. The number of carbonyl (C=O) groups is 2. The van der Waals surface area contributed by atoms with Gasteiger partial charge in [-0.3, -0.25) is 46.0 Å². The van der Waals surface area contributed by atoms with Crippen molar-refractivity contribution in [1.29, 1.82) is 0 Å². The van der Waals surface area contributed by atoms with E-state index in [9.17, 15) is 29.8 Å². The maximum Gasteiger partial charge on any atom is 0.277 e. The van der Waals surface area contributed by atoms with Crippen LogP contribution in [0.3, 0.4) is 0 Å². The van der Waals surface area contributed by atoms with Crippen molar-refractivity contribution in [2.75, 3.05) is 0 Å². The maximum atomic E-state index is 12.0. The summed E-state index contributed by atoms with van der Waals surface area (Å²) in [5, 5.41) is 23.4. The summed E-state index contributed by atoms with van der Waals surface area (Å²) in [5.74, 6) is -1.25. The van der Waals surface area contributed by atoms with Crippen LogP contribution >= 0.6 is 12.2 Å². The van der Waals surface area contributed by atoms with Crippen LogP contribution in [0.2, 0.25) is 0 Å². The van der Waals surface area contributed by atoms with Crippen LogP contribution in [0.4, 0.5) is 11.4 Å². The first kappa shape index (κ1) is 18.9. The molecular weight excluding hydrogens is 342 g/mol. The minimum Gasteiger partial charge on any atom is -0.298 e. The normalized spacial score (nSPS) is 9.71. The number of amides is 2. The van der Waals surface area contributed by atoms with E-state index in [2.05, 4.69) is 16.2 Å². The van der Waals surface area contributed by atoms with Crippen molar-refractivity contribution >= 4 is 40.5 Å². The fraction of sp³-hybridized carbons (Fsp3) is 0.250. The lowest BCUT2D eigenvalue weighted by Crippen LogP contribution is -2.48. The largest absolute Gasteiger partial charge is 0.298 e. The molecule has 0 radical (unpaired) electrons. The summed E-state index contributed by atoms with van der Waals surface area (Å²) in [6, 6.07) is 2.49. The van der Waals surface area contributed by atoms with Gasteiger partial charge in [0.25, 0.3) is 17.3 Å². The van der Waals surface area contributed by atoms with E-state index in [4.69, 9.17) is 12.2 Å². The van der Waals surface area contributed by atoms with Crippen LogP contribution in [0.1, 0.15) is 30.1 Å². The molecule has 0 aliphatic carbocycles. The molecule has 0 atom stereocenters. The Bertz CT molecular complexity index is 675. The van der Waals surface area contributed by atoms with E-state index in [1.165, 1.54) is 0 Å². The second-order valence-corrected chi connectivity index (χ2v) is 4.87. The van der Waals surface area contributed by atoms with E-state index in [0.717, 1.165) is 18.2 Å². The highest BCUT2D eigenvalue weighted by molar-refractivity contribution is 7.80. The number of nitro benzene ring substituents is 2. The fourth-order valence-electron chi connectivity index (χ4n) is 1.56. The maximum absolute atomic E-state index is 12.0. The van der Waals surface area contributed by atoms with Gasteiger partial charge in [-0.05, 0) is 18.6 Å². The number of nitro groups is 2. The molecule has 1 rings (SSSR count). The molecule has 0 spiro atoms. The zero-order valence-corrected chi connectivity index (χ0v) is 13.2. The molecule has 0 aliphatic heterocycles. The Hall–Kier alpha value is -3.15. The van der Waals surface area contributed by atoms with Crippen LogP contribution < -0.4 is 16.2 Å². The van der Waals surface area contributed by atoms with Gasteiger partial charge < -0.3 is 0 Å². The van der Waals surface area contributed by atoms with Crippen molar-refractivity contribution < 1.29 is 19.4 Å². The molecule has 0 unspecified atom stereocenters. The van der Waals surface area contributed by atoms with Crippen molar-refractivity contribution in [2.45, 2.75) is 19.8 Å². The van der Waals surface area contributed by atoms with Crippen molar-refractivity contribution in [2.24, 2.45) is 0 Å². The van der Waals surface area contributed by atoms with Gasteiger partial charge in [0.2, 0.25) is 5.91 Å². The van der Waals surface area contributed by atoms with Gasteiger partial charge >= 0.3 is 0 Å². The summed E-state index contributed by atoms with van der Waals surface area (Å²) >= 11 is 4.78. The van der Waals surface area contributed by atoms with Gasteiger partial charge in [0.05, 0.1) is 21.5 Å². The van der Waals surface area contributed by atoms with Gasteiger partial charge in [-0.2, -0.15) is 0 Å². The third-order valence-electron chi connectivity index (χ3n) is 2.61. The number of carbonyl (C=O) groups excluding carboxylic acids is 2. The third kappa shape index (κ3) is 5.57. The Kier molecular flexibility index (Phi) is 6.67. The van der Waals surface area contributed by atoms with Crippen LogP contribution in [0.5, 0.6) is 0 Å². The second-order valence-electron chi connectivity index (χ2n) is 4.46. The topological polar surface area (TPSA) is 157 Å². The zero-order chi connectivity index (χ0) is 18.3. The van der Waals surface area contributed by atoms with E-state index in [0.29, 0.717) is 6.42 Å². The summed E-state index contributed by atoms with van der Waals surface area (Å²) in [4.78, 5) is 43.1. The number of nitrogens with zero attached hydrogens (tertiary/aromatic N) is 2. The minimum absolute atomic E-state index is 0.251. The molecule has 0 fully saturated rings. The molecule has 0 aromatic heterocycles. The van der Waals surface area contributed by atoms with Gasteiger partial charge in [-0.25, -0.2) is 0 Å². The summed E-state index contributed by atoms with van der Waals surface area (Å²) in [6.45, 7) is 1.80. The first-order chi connectivity index (χ1) is 11.2. The van der Waals surface area contributed by atoms with Gasteiger partial charge in [0.15, 0.2) is 5.11 Å². The molecule has 0 saturated heterocycles. The summed E-state index contributed by atoms with van der Waals surface area (Å²) in [6.07, 6.45) is 0.866. The van der Waals surface area contributed by atoms with Crippen LogP contribution in [0.25, 0.3) is 0 Å². The monoisotopic (exact) mass is 355 g/mol. The van der Waals surface area contributed by atoms with Crippen molar-refractivity contribution in [3.63, 3.8) is 0 Å².